The molecule has 4 N–H and O–H groups in total. The van der Waals surface area contributed by atoms with Crippen molar-refractivity contribution in [2.75, 3.05) is 12.5 Å². The zero-order chi connectivity index (χ0) is 43.3. The number of aliphatic hydroxyl groups is 4. The molecule has 2 aromatic carbocycles. The van der Waals surface area contributed by atoms with E-state index in [1.165, 1.54) is 24.3 Å². The fraction of sp³-hybridized carbons (Fsp3) is 0.684. The first-order valence-corrected chi connectivity index (χ1v) is 25.9. The summed E-state index contributed by atoms with van der Waals surface area (Å²) in [5.74, 6) is 0. The fourth-order valence-corrected chi connectivity index (χ4v) is 10.3. The molecule has 0 amide bonds. The minimum Gasteiger partial charge on any atom is -0.390 e. The number of hydrogen-bond donors (Lipinski definition) is 4. The molecule has 4 saturated carbocycles. The molecule has 0 aromatic heterocycles. The first kappa shape index (κ1) is 50.3. The second kappa shape index (κ2) is 22.7. The Morgan fingerprint density at radius 1 is 0.397 bits per heavy atom. The molecule has 4 aliphatic carbocycles. The zero-order valence-electron chi connectivity index (χ0n) is 33.5. The molecule has 0 saturated heterocycles. The van der Waals surface area contributed by atoms with Crippen LogP contribution in [-0.4, -0.2) is 115 Å². The van der Waals surface area contributed by atoms with Gasteiger partial charge in [0.1, 0.15) is 24.4 Å². The van der Waals surface area contributed by atoms with Gasteiger partial charge in [-0.15, -0.1) is 0 Å². The van der Waals surface area contributed by atoms with Crippen molar-refractivity contribution in [3.8, 4) is 0 Å². The van der Waals surface area contributed by atoms with Gasteiger partial charge in [-0.05, 0) is 102 Å². The third kappa shape index (κ3) is 17.9. The Hall–Kier alpha value is -2.08. The zero-order valence-corrected chi connectivity index (χ0v) is 36.7. The van der Waals surface area contributed by atoms with E-state index >= 15 is 0 Å². The van der Waals surface area contributed by atoms with Crippen molar-refractivity contribution in [2.45, 2.75) is 162 Å². The van der Waals surface area contributed by atoms with Crippen molar-refractivity contribution in [1.82, 2.24) is 0 Å². The molecule has 20 heteroatoms. The number of aliphatic hydroxyl groups excluding tert-OH is 4. The van der Waals surface area contributed by atoms with Crippen LogP contribution < -0.4 is 0 Å². The molecule has 2 aromatic rings. The monoisotopic (exact) mass is 900 g/mol. The molecule has 0 heterocycles. The van der Waals surface area contributed by atoms with Crippen LogP contribution in [0.4, 0.5) is 0 Å². The Kier molecular flexibility index (Phi) is 19.7. The minimum atomic E-state index is -3.77. The minimum absolute atomic E-state index is 0.141. The largest absolute Gasteiger partial charge is 0.390 e. The van der Waals surface area contributed by atoms with E-state index in [0.717, 1.165) is 62.2 Å². The van der Waals surface area contributed by atoms with Crippen molar-refractivity contribution in [3.05, 3.63) is 59.7 Å². The summed E-state index contributed by atoms with van der Waals surface area (Å²) < 4.78 is 110. The van der Waals surface area contributed by atoms with Crippen LogP contribution in [0, 0.1) is 13.8 Å². The van der Waals surface area contributed by atoms with Crippen molar-refractivity contribution in [1.29, 1.82) is 0 Å². The van der Waals surface area contributed by atoms with Gasteiger partial charge in [0.05, 0.1) is 46.7 Å². The van der Waals surface area contributed by atoms with E-state index in [2.05, 4.69) is 4.18 Å². The first-order chi connectivity index (χ1) is 27.0. The molecule has 8 unspecified atom stereocenters. The fourth-order valence-electron chi connectivity index (χ4n) is 6.71. The average Bonchev–Trinajstić information content (AvgIpc) is 3.72. The second-order valence-corrected chi connectivity index (χ2v) is 21.5. The molecule has 0 radical (unpaired) electrons. The predicted molar refractivity (Wildman–Crippen MR) is 215 cm³/mol. The smallest absolute Gasteiger partial charge is 0.297 e. The summed E-state index contributed by atoms with van der Waals surface area (Å²) in [5, 5.41) is 37.8. The molecule has 4 fully saturated rings. The van der Waals surface area contributed by atoms with E-state index in [4.69, 9.17) is 17.7 Å². The highest BCUT2D eigenvalue weighted by Crippen LogP contribution is 2.28. The van der Waals surface area contributed by atoms with E-state index in [1.807, 2.05) is 13.8 Å². The summed E-state index contributed by atoms with van der Waals surface area (Å²) in [4.78, 5) is 0.285. The first-order valence-electron chi connectivity index (χ1n) is 19.4. The molecule has 16 nitrogen and oxygen atoms in total. The van der Waals surface area contributed by atoms with Crippen LogP contribution in [-0.2, 0) is 57.2 Å². The topological polar surface area (TPSA) is 254 Å². The van der Waals surface area contributed by atoms with E-state index in [-0.39, 0.29) is 9.79 Å². The maximum Gasteiger partial charge on any atom is 0.297 e. The highest BCUT2D eigenvalue weighted by molar-refractivity contribution is 7.87. The summed E-state index contributed by atoms with van der Waals surface area (Å²) in [6.07, 6.45) is 7.46. The quantitative estimate of drug-likeness (QED) is 0.248. The molecule has 8 atom stereocenters. The predicted octanol–water partition coefficient (Wildman–Crippen LogP) is 3.76. The number of rotatable bonds is 10. The van der Waals surface area contributed by atoms with Crippen LogP contribution in [0.3, 0.4) is 0 Å². The number of hydrogen-bond acceptors (Lipinski definition) is 16. The Labute approximate surface area is 344 Å². The van der Waals surface area contributed by atoms with Gasteiger partial charge in [-0.25, -0.2) is 0 Å². The Balaban J connectivity index is 0.000000211. The van der Waals surface area contributed by atoms with Crippen LogP contribution in [0.2, 0.25) is 0 Å². The molecule has 4 aliphatic rings. The summed E-state index contributed by atoms with van der Waals surface area (Å²) in [7, 11) is -14.3. The molecule has 0 spiro atoms. The Morgan fingerprint density at radius 3 is 0.897 bits per heavy atom. The van der Waals surface area contributed by atoms with E-state index in [1.54, 1.807) is 24.3 Å². The maximum absolute atomic E-state index is 12.0. The highest BCUT2D eigenvalue weighted by Gasteiger charge is 2.32. The third-order valence-corrected chi connectivity index (χ3v) is 13.8. The lowest BCUT2D eigenvalue weighted by atomic mass is 9.95. The summed E-state index contributed by atoms with van der Waals surface area (Å²) >= 11 is 0. The third-order valence-electron chi connectivity index (χ3n) is 9.89. The average molecular weight is 901 g/mol. The molecular weight excluding hydrogens is 841 g/mol. The van der Waals surface area contributed by atoms with Crippen LogP contribution in [0.15, 0.2) is 58.3 Å². The van der Waals surface area contributed by atoms with Crippen LogP contribution in [0.1, 0.15) is 101 Å². The van der Waals surface area contributed by atoms with Gasteiger partial charge in [0.25, 0.3) is 40.5 Å². The lowest BCUT2D eigenvalue weighted by Crippen LogP contribution is -2.34. The molecule has 6 rings (SSSR count). The van der Waals surface area contributed by atoms with Gasteiger partial charge < -0.3 is 20.4 Å². The molecule has 0 bridgehead atoms. The molecular formula is C38H60O16S4. The summed E-state index contributed by atoms with van der Waals surface area (Å²) in [5.41, 5.74) is 1.98. The van der Waals surface area contributed by atoms with E-state index in [9.17, 15) is 49.0 Å². The van der Waals surface area contributed by atoms with Crippen molar-refractivity contribution in [2.24, 2.45) is 0 Å². The Bertz CT molecular complexity index is 1990. The molecule has 332 valence electrons. The molecule has 58 heavy (non-hydrogen) atoms. The standard InChI is InChI=1S/C13H18O4S.C12H16O4S.C7H14O4S.C6H12O4S/c1-10-6-8-11(9-7-10)18(15,16)17-13-5-3-2-4-12(13)14;1-9-5-7-10(8-6-9)17(14,15)16-12-4-2-3-11(12)13;1-12(9,10)11-7-5-3-2-4-6(7)8;1-11(8,9)10-6-4-2-3-5(6)7/h6-9,12-14H,2-5H2,1H3;5-8,11-13H,2-4H2,1H3;6-8H,2-5H2,1H3;5-7H,2-4H2,1H3. The van der Waals surface area contributed by atoms with E-state index in [0.29, 0.717) is 51.4 Å². The lowest BCUT2D eigenvalue weighted by Gasteiger charge is -2.26. The summed E-state index contributed by atoms with van der Waals surface area (Å²) in [6.45, 7) is 3.78. The van der Waals surface area contributed by atoms with Gasteiger partial charge in [-0.3, -0.25) is 16.7 Å². The SMILES string of the molecule is CS(=O)(=O)OC1CCCC1O.CS(=O)(=O)OC1CCCCC1O.Cc1ccc(S(=O)(=O)OC2CCCC2O)cc1.Cc1ccc(S(=O)(=O)OC2CCCCC2O)cc1. The van der Waals surface area contributed by atoms with Crippen molar-refractivity contribution in [3.63, 3.8) is 0 Å². The van der Waals surface area contributed by atoms with Crippen LogP contribution >= 0.6 is 0 Å². The van der Waals surface area contributed by atoms with Gasteiger partial charge >= 0.3 is 0 Å². The van der Waals surface area contributed by atoms with Crippen LogP contribution in [0.5, 0.6) is 0 Å². The van der Waals surface area contributed by atoms with Crippen LogP contribution in [0.25, 0.3) is 0 Å². The van der Waals surface area contributed by atoms with Gasteiger partial charge in [-0.1, -0.05) is 61.1 Å². The van der Waals surface area contributed by atoms with Crippen molar-refractivity contribution < 1.29 is 70.8 Å². The summed E-state index contributed by atoms with van der Waals surface area (Å²) in [6, 6.07) is 13.0. The second-order valence-electron chi connectivity index (χ2n) is 15.2. The number of benzene rings is 2. The van der Waals surface area contributed by atoms with Gasteiger partial charge in [0, 0.05) is 0 Å². The van der Waals surface area contributed by atoms with Gasteiger partial charge in [0.2, 0.25) is 0 Å². The maximum atomic E-state index is 12.0. The Morgan fingerprint density at radius 2 is 0.638 bits per heavy atom. The lowest BCUT2D eigenvalue weighted by molar-refractivity contribution is 0.0105. The van der Waals surface area contributed by atoms with Crippen molar-refractivity contribution >= 4 is 40.5 Å². The van der Waals surface area contributed by atoms with Gasteiger partial charge in [0.15, 0.2) is 0 Å². The number of aryl methyl sites for hydroxylation is 2. The molecule has 0 aliphatic heterocycles. The van der Waals surface area contributed by atoms with E-state index < -0.39 is 89.3 Å². The van der Waals surface area contributed by atoms with Gasteiger partial charge in [-0.2, -0.15) is 33.7 Å². The normalized spacial score (nSPS) is 27.9. The highest BCUT2D eigenvalue weighted by atomic mass is 32.2.